The first kappa shape index (κ1) is 17.0. The fourth-order valence-corrected chi connectivity index (χ4v) is 3.96. The van der Waals surface area contributed by atoms with Crippen molar-refractivity contribution in [2.75, 3.05) is 11.1 Å². The second-order valence-corrected chi connectivity index (χ2v) is 7.70. The molecule has 0 bridgehead atoms. The van der Waals surface area contributed by atoms with Gasteiger partial charge in [0.15, 0.2) is 0 Å². The lowest BCUT2D eigenvalue weighted by atomic mass is 10.1. The Morgan fingerprint density at radius 1 is 1.29 bits per heavy atom. The van der Waals surface area contributed by atoms with Crippen molar-refractivity contribution < 1.29 is 0 Å². The summed E-state index contributed by atoms with van der Waals surface area (Å²) >= 11 is 3.23. The van der Waals surface area contributed by atoms with Gasteiger partial charge in [-0.3, -0.25) is 4.79 Å². The van der Waals surface area contributed by atoms with Gasteiger partial charge in [-0.15, -0.1) is 16.9 Å². The van der Waals surface area contributed by atoms with E-state index in [4.69, 9.17) is 0 Å². The molecule has 0 amide bonds. The number of nitrogens with zero attached hydrogens (tertiary/aromatic N) is 3. The molecule has 0 aliphatic rings. The molecule has 0 aliphatic carbocycles. The maximum absolute atomic E-state index is 12.1. The number of benzene rings is 1. The van der Waals surface area contributed by atoms with Crippen LogP contribution in [0, 0.1) is 0 Å². The van der Waals surface area contributed by atoms with Crippen LogP contribution in [-0.4, -0.2) is 20.4 Å². The van der Waals surface area contributed by atoms with E-state index in [0.29, 0.717) is 10.1 Å². The Balaban J connectivity index is 1.81. The van der Waals surface area contributed by atoms with Crippen molar-refractivity contribution in [3.05, 3.63) is 51.9 Å². The lowest BCUT2D eigenvalue weighted by Crippen LogP contribution is -2.15. The number of aryl methyl sites for hydroxylation is 1. The zero-order chi connectivity index (χ0) is 17.1. The highest BCUT2D eigenvalue weighted by atomic mass is 32.2. The fourth-order valence-electron chi connectivity index (χ4n) is 2.38. The standard InChI is InChI=1S/C17H20N4OS2/c1-4-13-10-15(22)21-17(19-13)24-16(20-21)18-11(3)12-6-8-14(9-7-12)23-5-2/h6-11H,4-5H2,1-3H3,(H,18,20). The summed E-state index contributed by atoms with van der Waals surface area (Å²) in [7, 11) is 0. The van der Waals surface area contributed by atoms with E-state index < -0.39 is 0 Å². The van der Waals surface area contributed by atoms with Gasteiger partial charge >= 0.3 is 0 Å². The van der Waals surface area contributed by atoms with E-state index in [1.807, 2.05) is 18.7 Å². The average Bonchev–Trinajstić information content (AvgIpc) is 2.98. The van der Waals surface area contributed by atoms with Crippen LogP contribution >= 0.6 is 23.1 Å². The summed E-state index contributed by atoms with van der Waals surface area (Å²) in [4.78, 5) is 18.4. The number of hydrogen-bond acceptors (Lipinski definition) is 6. The fraction of sp³-hybridized carbons (Fsp3) is 0.353. The van der Waals surface area contributed by atoms with Gasteiger partial charge < -0.3 is 5.32 Å². The van der Waals surface area contributed by atoms with Gasteiger partial charge in [0.05, 0.1) is 6.04 Å². The molecule has 0 spiro atoms. The third-order valence-corrected chi connectivity index (χ3v) is 5.43. The number of thioether (sulfide) groups is 1. The van der Waals surface area contributed by atoms with Gasteiger partial charge in [0, 0.05) is 16.7 Å². The molecule has 0 fully saturated rings. The first-order valence-corrected chi connectivity index (χ1v) is 9.80. The highest BCUT2D eigenvalue weighted by Gasteiger charge is 2.12. The van der Waals surface area contributed by atoms with Gasteiger partial charge in [0.1, 0.15) is 0 Å². The predicted octanol–water partition coefficient (Wildman–Crippen LogP) is 4.00. The lowest BCUT2D eigenvalue weighted by Gasteiger charge is -2.13. The largest absolute Gasteiger partial charge is 0.354 e. The van der Waals surface area contributed by atoms with E-state index in [2.05, 4.69) is 53.5 Å². The van der Waals surface area contributed by atoms with Gasteiger partial charge in [0.25, 0.3) is 5.56 Å². The normalized spacial score (nSPS) is 12.5. The molecular formula is C17H20N4OS2. The van der Waals surface area contributed by atoms with Crippen molar-refractivity contribution in [3.63, 3.8) is 0 Å². The summed E-state index contributed by atoms with van der Waals surface area (Å²) < 4.78 is 1.36. The molecular weight excluding hydrogens is 340 g/mol. The van der Waals surface area contributed by atoms with Crippen LogP contribution in [0.25, 0.3) is 4.96 Å². The van der Waals surface area contributed by atoms with E-state index in [-0.39, 0.29) is 11.6 Å². The first-order chi connectivity index (χ1) is 11.6. The number of fused-ring (bicyclic) bond motifs is 1. The Kier molecular flexibility index (Phi) is 5.20. The third-order valence-electron chi connectivity index (χ3n) is 3.69. The van der Waals surface area contributed by atoms with Gasteiger partial charge in [-0.05, 0) is 36.8 Å². The Hall–Kier alpha value is -1.86. The average molecular weight is 361 g/mol. The van der Waals surface area contributed by atoms with Crippen LogP contribution in [0.2, 0.25) is 0 Å². The second kappa shape index (κ2) is 7.36. The van der Waals surface area contributed by atoms with Crippen LogP contribution in [0.1, 0.15) is 38.1 Å². The van der Waals surface area contributed by atoms with Crippen LogP contribution in [0.4, 0.5) is 5.13 Å². The molecule has 0 radical (unpaired) electrons. The van der Waals surface area contributed by atoms with Crippen LogP contribution < -0.4 is 10.9 Å². The molecule has 2 heterocycles. The molecule has 1 unspecified atom stereocenters. The van der Waals surface area contributed by atoms with E-state index in [9.17, 15) is 4.79 Å². The molecule has 1 N–H and O–H groups in total. The minimum atomic E-state index is -0.130. The number of aromatic nitrogens is 3. The summed E-state index contributed by atoms with van der Waals surface area (Å²) in [6, 6.07) is 10.2. The number of anilines is 1. The smallest absolute Gasteiger partial charge is 0.275 e. The molecule has 3 aromatic rings. The molecule has 126 valence electrons. The van der Waals surface area contributed by atoms with E-state index in [1.54, 1.807) is 6.07 Å². The van der Waals surface area contributed by atoms with Crippen molar-refractivity contribution in [1.82, 2.24) is 14.6 Å². The summed E-state index contributed by atoms with van der Waals surface area (Å²) in [5.74, 6) is 1.07. The molecule has 2 aromatic heterocycles. The Bertz CT molecular complexity index is 886. The highest BCUT2D eigenvalue weighted by Crippen LogP contribution is 2.25. The molecule has 7 heteroatoms. The Labute approximate surface area is 149 Å². The topological polar surface area (TPSA) is 59.3 Å². The molecule has 1 atom stereocenters. The van der Waals surface area contributed by atoms with Gasteiger partial charge in [-0.25, -0.2) is 4.98 Å². The maximum Gasteiger partial charge on any atom is 0.275 e. The Morgan fingerprint density at radius 3 is 2.71 bits per heavy atom. The second-order valence-electron chi connectivity index (χ2n) is 5.41. The van der Waals surface area contributed by atoms with Gasteiger partial charge in [-0.2, -0.15) is 4.52 Å². The molecule has 0 saturated heterocycles. The summed E-state index contributed by atoms with van der Waals surface area (Å²) in [5, 5.41) is 8.41. The molecule has 5 nitrogen and oxygen atoms in total. The van der Waals surface area contributed by atoms with Crippen molar-refractivity contribution in [2.45, 2.75) is 38.1 Å². The number of rotatable bonds is 6. The quantitative estimate of drug-likeness (QED) is 0.673. The van der Waals surface area contributed by atoms with E-state index in [1.165, 1.54) is 26.3 Å². The first-order valence-electron chi connectivity index (χ1n) is 7.99. The minimum absolute atomic E-state index is 0.104. The number of hydrogen-bond donors (Lipinski definition) is 1. The monoisotopic (exact) mass is 360 g/mol. The van der Waals surface area contributed by atoms with Gasteiger partial charge in [0.2, 0.25) is 10.1 Å². The summed E-state index contributed by atoms with van der Waals surface area (Å²) in [5.41, 5.74) is 1.85. The SMILES string of the molecule is CCSc1ccc(C(C)Nc2nn3c(=O)cc(CC)nc3s2)cc1. The minimum Gasteiger partial charge on any atom is -0.354 e. The lowest BCUT2D eigenvalue weighted by molar-refractivity contribution is 0.840. The van der Waals surface area contributed by atoms with Crippen molar-refractivity contribution in [2.24, 2.45) is 0 Å². The van der Waals surface area contributed by atoms with Crippen LogP contribution in [0.3, 0.4) is 0 Å². The zero-order valence-electron chi connectivity index (χ0n) is 13.9. The highest BCUT2D eigenvalue weighted by molar-refractivity contribution is 7.99. The maximum atomic E-state index is 12.1. The Morgan fingerprint density at radius 2 is 2.04 bits per heavy atom. The molecule has 24 heavy (non-hydrogen) atoms. The zero-order valence-corrected chi connectivity index (χ0v) is 15.6. The summed E-state index contributed by atoms with van der Waals surface area (Å²) in [6.07, 6.45) is 0.741. The van der Waals surface area contributed by atoms with Crippen LogP contribution in [0.5, 0.6) is 0 Å². The van der Waals surface area contributed by atoms with E-state index >= 15 is 0 Å². The van der Waals surface area contributed by atoms with Gasteiger partial charge in [-0.1, -0.05) is 37.3 Å². The summed E-state index contributed by atoms with van der Waals surface area (Å²) in [6.45, 7) is 6.22. The predicted molar refractivity (Wildman–Crippen MR) is 101 cm³/mol. The molecule has 3 rings (SSSR count). The number of nitrogens with one attached hydrogen (secondary N) is 1. The van der Waals surface area contributed by atoms with Crippen LogP contribution in [0.15, 0.2) is 40.0 Å². The molecule has 0 aliphatic heterocycles. The molecule has 0 saturated carbocycles. The van der Waals surface area contributed by atoms with Crippen molar-refractivity contribution in [3.8, 4) is 0 Å². The van der Waals surface area contributed by atoms with Crippen molar-refractivity contribution in [1.29, 1.82) is 0 Å². The van der Waals surface area contributed by atoms with Crippen molar-refractivity contribution >= 4 is 33.2 Å². The van der Waals surface area contributed by atoms with Crippen LogP contribution in [-0.2, 0) is 6.42 Å². The van der Waals surface area contributed by atoms with E-state index in [0.717, 1.165) is 17.9 Å². The molecule has 1 aromatic carbocycles. The third kappa shape index (κ3) is 3.62.